The van der Waals surface area contributed by atoms with Gasteiger partial charge in [-0.05, 0) is 18.1 Å². The molecule has 0 amide bonds. The van der Waals surface area contributed by atoms with Gasteiger partial charge in [0.05, 0.1) is 14.9 Å². The molecule has 0 bridgehead atoms. The molecule has 0 atom stereocenters. The van der Waals surface area contributed by atoms with Crippen molar-refractivity contribution in [2.24, 2.45) is 0 Å². The van der Waals surface area contributed by atoms with Gasteiger partial charge in [0.2, 0.25) is 0 Å². The van der Waals surface area contributed by atoms with Crippen molar-refractivity contribution in [1.29, 1.82) is 0 Å². The Labute approximate surface area is 131 Å². The summed E-state index contributed by atoms with van der Waals surface area (Å²) < 4.78 is 32.4. The Morgan fingerprint density at radius 2 is 1.75 bits per heavy atom. The van der Waals surface area contributed by atoms with E-state index in [1.54, 1.807) is 6.92 Å². The first-order valence-electron chi connectivity index (χ1n) is 3.91. The van der Waals surface area contributed by atoms with Crippen molar-refractivity contribution in [3.63, 3.8) is 0 Å². The molecule has 0 aliphatic rings. The molecular formula is C8H6Cl3NaO3S. The van der Waals surface area contributed by atoms with Gasteiger partial charge < -0.3 is 4.55 Å². The average Bonchev–Trinajstić information content (AvgIpc) is 2.10. The zero-order chi connectivity index (χ0) is 11.8. The van der Waals surface area contributed by atoms with E-state index in [0.717, 1.165) is 6.07 Å². The number of hydrogen-bond acceptors (Lipinski definition) is 3. The smallest absolute Gasteiger partial charge is 0.744 e. The summed E-state index contributed by atoms with van der Waals surface area (Å²) in [7, 11) is -4.65. The molecule has 0 saturated carbocycles. The molecule has 0 spiro atoms. The summed E-state index contributed by atoms with van der Waals surface area (Å²) in [5.74, 6) is 0. The third kappa shape index (κ3) is 3.50. The molecule has 3 nitrogen and oxygen atoms in total. The maximum absolute atomic E-state index is 10.8. The van der Waals surface area contributed by atoms with Crippen molar-refractivity contribution < 1.29 is 42.5 Å². The topological polar surface area (TPSA) is 57.2 Å². The largest absolute Gasteiger partial charge is 1.00 e. The predicted molar refractivity (Wildman–Crippen MR) is 58.8 cm³/mol. The Kier molecular flexibility index (Phi) is 6.64. The van der Waals surface area contributed by atoms with Crippen LogP contribution in [0.3, 0.4) is 0 Å². The van der Waals surface area contributed by atoms with E-state index in [4.69, 9.17) is 34.8 Å². The molecule has 0 heterocycles. The molecular weight excluding hydrogens is 306 g/mol. The third-order valence-corrected chi connectivity index (χ3v) is 4.06. The molecule has 8 heteroatoms. The molecule has 0 aliphatic carbocycles. The molecule has 0 aromatic heterocycles. The van der Waals surface area contributed by atoms with Gasteiger partial charge in [0, 0.05) is 5.02 Å². The summed E-state index contributed by atoms with van der Waals surface area (Å²) in [4.78, 5) is -0.587. The van der Waals surface area contributed by atoms with Gasteiger partial charge in [-0.1, -0.05) is 41.7 Å². The predicted octanol–water partition coefficient (Wildman–Crippen LogP) is 0.117. The van der Waals surface area contributed by atoms with Crippen LogP contribution in [-0.2, 0) is 16.5 Å². The number of halogens is 3. The Morgan fingerprint density at radius 1 is 1.25 bits per heavy atom. The van der Waals surface area contributed by atoms with Crippen molar-refractivity contribution in [3.05, 3.63) is 26.7 Å². The fourth-order valence-electron chi connectivity index (χ4n) is 1.12. The van der Waals surface area contributed by atoms with Gasteiger partial charge in [-0.25, -0.2) is 8.42 Å². The van der Waals surface area contributed by atoms with Gasteiger partial charge in [-0.15, -0.1) is 0 Å². The van der Waals surface area contributed by atoms with Crippen molar-refractivity contribution in [3.8, 4) is 0 Å². The molecule has 84 valence electrons. The quantitative estimate of drug-likeness (QED) is 0.443. The van der Waals surface area contributed by atoms with Gasteiger partial charge >= 0.3 is 29.6 Å². The summed E-state index contributed by atoms with van der Waals surface area (Å²) in [6.45, 7) is 1.79. The van der Waals surface area contributed by atoms with Crippen LogP contribution in [0.1, 0.15) is 12.5 Å². The van der Waals surface area contributed by atoms with Crippen LogP contribution in [0.5, 0.6) is 0 Å². The van der Waals surface area contributed by atoms with Gasteiger partial charge in [0.15, 0.2) is 0 Å². The van der Waals surface area contributed by atoms with E-state index in [-0.39, 0.29) is 44.6 Å². The van der Waals surface area contributed by atoms with Crippen LogP contribution in [0.2, 0.25) is 15.1 Å². The summed E-state index contributed by atoms with van der Waals surface area (Å²) in [5.41, 5.74) is 0.524. The second kappa shape index (κ2) is 6.25. The van der Waals surface area contributed by atoms with Gasteiger partial charge in [-0.2, -0.15) is 0 Å². The zero-order valence-corrected chi connectivity index (χ0v) is 13.6. The summed E-state index contributed by atoms with van der Waals surface area (Å²) >= 11 is 17.2. The van der Waals surface area contributed by atoms with Crippen molar-refractivity contribution in [2.75, 3.05) is 0 Å². The van der Waals surface area contributed by atoms with Crippen LogP contribution < -0.4 is 29.6 Å². The molecule has 0 N–H and O–H groups in total. The fraction of sp³-hybridized carbons (Fsp3) is 0.250. The first-order valence-corrected chi connectivity index (χ1v) is 6.45. The molecule has 0 radical (unpaired) electrons. The van der Waals surface area contributed by atoms with Gasteiger partial charge in [0.25, 0.3) is 0 Å². The Morgan fingerprint density at radius 3 is 2.12 bits per heavy atom. The normalized spacial score (nSPS) is 11.1. The van der Waals surface area contributed by atoms with E-state index in [2.05, 4.69) is 0 Å². The maximum atomic E-state index is 10.8. The van der Waals surface area contributed by atoms with Crippen molar-refractivity contribution in [2.45, 2.75) is 18.2 Å². The van der Waals surface area contributed by atoms with Crippen LogP contribution in [0.15, 0.2) is 11.0 Å². The molecule has 1 rings (SSSR count). The summed E-state index contributed by atoms with van der Waals surface area (Å²) in [6, 6.07) is 1.02. The van der Waals surface area contributed by atoms with Gasteiger partial charge in [0.1, 0.15) is 10.1 Å². The minimum absolute atomic E-state index is 0. The average molecular weight is 312 g/mol. The van der Waals surface area contributed by atoms with E-state index in [0.29, 0.717) is 12.0 Å². The summed E-state index contributed by atoms with van der Waals surface area (Å²) in [6.07, 6.45) is 0.497. The second-order valence-corrected chi connectivity index (χ2v) is 5.28. The number of benzene rings is 1. The Bertz CT molecular complexity index is 502. The van der Waals surface area contributed by atoms with E-state index >= 15 is 0 Å². The van der Waals surface area contributed by atoms with Gasteiger partial charge in [-0.3, -0.25) is 0 Å². The molecule has 0 saturated heterocycles. The van der Waals surface area contributed by atoms with Crippen molar-refractivity contribution >= 4 is 44.9 Å². The van der Waals surface area contributed by atoms with Crippen LogP contribution in [0, 0.1) is 0 Å². The first kappa shape index (κ1) is 17.0. The molecule has 0 unspecified atom stereocenters. The van der Waals surface area contributed by atoms with Crippen LogP contribution >= 0.6 is 34.8 Å². The minimum Gasteiger partial charge on any atom is -0.744 e. The van der Waals surface area contributed by atoms with E-state index < -0.39 is 15.0 Å². The zero-order valence-electron chi connectivity index (χ0n) is 8.55. The molecule has 1 aromatic rings. The Hall–Kier alpha value is 1.000. The standard InChI is InChI=1S/C8H7Cl3O3S.Na/c1-2-4-5(9)3-6(15(12,13)14)8(11)7(4)10;/h3H,2H2,1H3,(H,12,13,14);/q;+1/p-1. The Balaban J connectivity index is 0.00000225. The maximum Gasteiger partial charge on any atom is 1.00 e. The van der Waals surface area contributed by atoms with E-state index in [1.807, 2.05) is 0 Å². The van der Waals surface area contributed by atoms with E-state index in [9.17, 15) is 13.0 Å². The summed E-state index contributed by atoms with van der Waals surface area (Å²) in [5, 5.41) is -0.129. The minimum atomic E-state index is -4.65. The monoisotopic (exact) mass is 310 g/mol. The first-order chi connectivity index (χ1) is 6.79. The molecule has 0 fully saturated rings. The van der Waals surface area contributed by atoms with E-state index in [1.165, 1.54) is 0 Å². The van der Waals surface area contributed by atoms with Crippen LogP contribution in [-0.4, -0.2) is 13.0 Å². The SMILES string of the molecule is CCc1c(Cl)cc(S(=O)(=O)[O-])c(Cl)c1Cl.[Na+]. The van der Waals surface area contributed by atoms with Crippen LogP contribution in [0.4, 0.5) is 0 Å². The van der Waals surface area contributed by atoms with Crippen LogP contribution in [0.25, 0.3) is 0 Å². The van der Waals surface area contributed by atoms with Crippen molar-refractivity contribution in [1.82, 2.24) is 0 Å². The fourth-order valence-corrected chi connectivity index (χ4v) is 3.00. The second-order valence-electron chi connectivity index (χ2n) is 2.77. The number of rotatable bonds is 2. The third-order valence-electron chi connectivity index (χ3n) is 1.84. The number of hydrogen-bond donors (Lipinski definition) is 0. The molecule has 0 aliphatic heterocycles. The molecule has 1 aromatic carbocycles. The molecule has 16 heavy (non-hydrogen) atoms.